The number of piperidine rings is 1. The maximum Gasteiger partial charge on any atom is 0.239 e. The van der Waals surface area contributed by atoms with Gasteiger partial charge in [0.05, 0.1) is 12.1 Å². The molecule has 0 aliphatic carbocycles. The molecule has 0 aromatic heterocycles. The summed E-state index contributed by atoms with van der Waals surface area (Å²) < 4.78 is 0. The largest absolute Gasteiger partial charge is 0.334 e. The van der Waals surface area contributed by atoms with Gasteiger partial charge in [0.2, 0.25) is 5.91 Å². The van der Waals surface area contributed by atoms with Crippen molar-refractivity contribution in [2.45, 2.75) is 65.0 Å². The van der Waals surface area contributed by atoms with Crippen molar-refractivity contribution in [2.24, 2.45) is 5.73 Å². The molecule has 1 amide bonds. The van der Waals surface area contributed by atoms with E-state index in [0.717, 1.165) is 32.2 Å². The lowest BCUT2D eigenvalue weighted by atomic mass is 9.90. The number of nitrogens with zero attached hydrogens (tertiary/aromatic N) is 1. The van der Waals surface area contributed by atoms with Gasteiger partial charge < -0.3 is 10.6 Å². The minimum Gasteiger partial charge on any atom is -0.334 e. The zero-order chi connectivity index (χ0) is 15.4. The third kappa shape index (κ3) is 3.46. The molecular weight excluding hydrogens is 260 g/mol. The molecule has 3 heteroatoms. The second-order valence-electron chi connectivity index (χ2n) is 6.23. The number of benzene rings is 1. The quantitative estimate of drug-likeness (QED) is 0.922. The first kappa shape index (κ1) is 16.0. The van der Waals surface area contributed by atoms with Gasteiger partial charge in [-0.15, -0.1) is 0 Å². The van der Waals surface area contributed by atoms with Gasteiger partial charge in [0.25, 0.3) is 0 Å². The molecule has 0 bridgehead atoms. The highest BCUT2D eigenvalue weighted by atomic mass is 16.2. The van der Waals surface area contributed by atoms with Gasteiger partial charge in [-0.1, -0.05) is 31.5 Å². The Bertz CT molecular complexity index is 498. The maximum atomic E-state index is 12.7. The van der Waals surface area contributed by atoms with Crippen molar-refractivity contribution >= 4 is 5.91 Å². The summed E-state index contributed by atoms with van der Waals surface area (Å²) in [6.07, 6.45) is 5.05. The molecule has 1 aromatic carbocycles. The fourth-order valence-corrected chi connectivity index (χ4v) is 3.30. The van der Waals surface area contributed by atoms with E-state index in [0.29, 0.717) is 0 Å². The number of carbonyl (C=O) groups excluding carboxylic acids is 1. The standard InChI is InChI=1S/C18H28N2O/c1-4-8-16(19)18(21)20-12-6-5-11-17(20)15-10-7-9-13(2)14(15)3/h7,9-10,16-17H,4-6,8,11-12,19H2,1-3H3. The molecule has 21 heavy (non-hydrogen) atoms. The molecule has 1 heterocycles. The van der Waals surface area contributed by atoms with Crippen LogP contribution in [0.4, 0.5) is 0 Å². The molecule has 1 aliphatic rings. The molecule has 1 aromatic rings. The lowest BCUT2D eigenvalue weighted by molar-refractivity contribution is -0.136. The Morgan fingerprint density at radius 2 is 2.14 bits per heavy atom. The summed E-state index contributed by atoms with van der Waals surface area (Å²) in [6, 6.07) is 6.26. The molecule has 3 nitrogen and oxygen atoms in total. The first-order valence-corrected chi connectivity index (χ1v) is 8.18. The topological polar surface area (TPSA) is 46.3 Å². The van der Waals surface area contributed by atoms with E-state index in [1.165, 1.54) is 23.1 Å². The maximum absolute atomic E-state index is 12.7. The third-order valence-corrected chi connectivity index (χ3v) is 4.71. The van der Waals surface area contributed by atoms with Gasteiger partial charge in [-0.2, -0.15) is 0 Å². The molecule has 2 atom stereocenters. The Hall–Kier alpha value is -1.35. The second kappa shape index (κ2) is 7.08. The Kier molecular flexibility index (Phi) is 5.40. The molecule has 1 fully saturated rings. The second-order valence-corrected chi connectivity index (χ2v) is 6.23. The molecule has 1 aliphatic heterocycles. The van der Waals surface area contributed by atoms with Crippen LogP contribution in [0.2, 0.25) is 0 Å². The zero-order valence-electron chi connectivity index (χ0n) is 13.6. The monoisotopic (exact) mass is 288 g/mol. The van der Waals surface area contributed by atoms with Crippen LogP contribution in [0.1, 0.15) is 61.8 Å². The average Bonchev–Trinajstić information content (AvgIpc) is 2.49. The predicted molar refractivity (Wildman–Crippen MR) is 87.1 cm³/mol. The van der Waals surface area contributed by atoms with E-state index in [1.54, 1.807) is 0 Å². The number of amides is 1. The fourth-order valence-electron chi connectivity index (χ4n) is 3.30. The van der Waals surface area contributed by atoms with Crippen LogP contribution in [-0.2, 0) is 4.79 Å². The summed E-state index contributed by atoms with van der Waals surface area (Å²) in [5.74, 6) is 0.127. The first-order valence-electron chi connectivity index (χ1n) is 8.18. The minimum absolute atomic E-state index is 0.127. The normalized spacial score (nSPS) is 20.4. The van der Waals surface area contributed by atoms with Crippen molar-refractivity contribution in [1.29, 1.82) is 0 Å². The number of carbonyl (C=O) groups is 1. The zero-order valence-corrected chi connectivity index (χ0v) is 13.6. The molecule has 0 spiro atoms. The Balaban J connectivity index is 2.27. The number of likely N-dealkylation sites (tertiary alicyclic amines) is 1. The van der Waals surface area contributed by atoms with Crippen LogP contribution >= 0.6 is 0 Å². The van der Waals surface area contributed by atoms with Crippen molar-refractivity contribution < 1.29 is 4.79 Å². The molecule has 0 saturated carbocycles. The average molecular weight is 288 g/mol. The van der Waals surface area contributed by atoms with Crippen LogP contribution in [0.25, 0.3) is 0 Å². The van der Waals surface area contributed by atoms with Gasteiger partial charge >= 0.3 is 0 Å². The molecular formula is C18H28N2O. The first-order chi connectivity index (χ1) is 10.1. The van der Waals surface area contributed by atoms with E-state index in [-0.39, 0.29) is 18.0 Å². The lowest BCUT2D eigenvalue weighted by Crippen LogP contribution is -2.47. The van der Waals surface area contributed by atoms with Crippen LogP contribution in [0.15, 0.2) is 18.2 Å². The molecule has 0 radical (unpaired) electrons. The highest BCUT2D eigenvalue weighted by molar-refractivity contribution is 5.82. The van der Waals surface area contributed by atoms with Crippen molar-refractivity contribution in [3.8, 4) is 0 Å². The molecule has 2 unspecified atom stereocenters. The van der Waals surface area contributed by atoms with Gasteiger partial charge in [-0.25, -0.2) is 0 Å². The number of aryl methyl sites for hydroxylation is 1. The summed E-state index contributed by atoms with van der Waals surface area (Å²) in [5, 5.41) is 0. The summed E-state index contributed by atoms with van der Waals surface area (Å²) in [5.41, 5.74) is 9.98. The fraction of sp³-hybridized carbons (Fsp3) is 0.611. The number of rotatable bonds is 4. The van der Waals surface area contributed by atoms with E-state index in [4.69, 9.17) is 5.73 Å². The Labute approximate surface area is 128 Å². The predicted octanol–water partition coefficient (Wildman–Crippen LogP) is 3.48. The van der Waals surface area contributed by atoms with Crippen molar-refractivity contribution in [3.05, 3.63) is 34.9 Å². The highest BCUT2D eigenvalue weighted by Crippen LogP contribution is 2.34. The van der Waals surface area contributed by atoms with Gasteiger partial charge in [0, 0.05) is 6.54 Å². The Morgan fingerprint density at radius 1 is 1.38 bits per heavy atom. The lowest BCUT2D eigenvalue weighted by Gasteiger charge is -2.38. The van der Waals surface area contributed by atoms with Crippen molar-refractivity contribution in [1.82, 2.24) is 4.90 Å². The summed E-state index contributed by atoms with van der Waals surface area (Å²) in [7, 11) is 0. The molecule has 2 N–H and O–H groups in total. The van der Waals surface area contributed by atoms with Crippen molar-refractivity contribution in [3.63, 3.8) is 0 Å². The van der Waals surface area contributed by atoms with Gasteiger partial charge in [0.1, 0.15) is 0 Å². The molecule has 116 valence electrons. The van der Waals surface area contributed by atoms with Crippen LogP contribution in [0.3, 0.4) is 0 Å². The van der Waals surface area contributed by atoms with Gasteiger partial charge in [-0.3, -0.25) is 4.79 Å². The van der Waals surface area contributed by atoms with Crippen LogP contribution in [0.5, 0.6) is 0 Å². The molecule has 2 rings (SSSR count). The van der Waals surface area contributed by atoms with Crippen LogP contribution in [0, 0.1) is 13.8 Å². The van der Waals surface area contributed by atoms with E-state index in [2.05, 4.69) is 39.0 Å². The van der Waals surface area contributed by atoms with E-state index >= 15 is 0 Å². The van der Waals surface area contributed by atoms with Gasteiger partial charge in [-0.05, 0) is 56.2 Å². The number of hydrogen-bond acceptors (Lipinski definition) is 2. The SMILES string of the molecule is CCCC(N)C(=O)N1CCCCC1c1cccc(C)c1C. The third-order valence-electron chi connectivity index (χ3n) is 4.71. The van der Waals surface area contributed by atoms with E-state index in [1.807, 2.05) is 4.90 Å². The smallest absolute Gasteiger partial charge is 0.239 e. The number of nitrogens with two attached hydrogens (primary N) is 1. The van der Waals surface area contributed by atoms with Crippen LogP contribution < -0.4 is 5.73 Å². The summed E-state index contributed by atoms with van der Waals surface area (Å²) in [6.45, 7) is 7.21. The Morgan fingerprint density at radius 3 is 2.86 bits per heavy atom. The highest BCUT2D eigenvalue weighted by Gasteiger charge is 2.31. The summed E-state index contributed by atoms with van der Waals surface area (Å²) >= 11 is 0. The van der Waals surface area contributed by atoms with Crippen LogP contribution in [-0.4, -0.2) is 23.4 Å². The van der Waals surface area contributed by atoms with E-state index in [9.17, 15) is 4.79 Å². The molecule has 1 saturated heterocycles. The van der Waals surface area contributed by atoms with Crippen molar-refractivity contribution in [2.75, 3.05) is 6.54 Å². The number of hydrogen-bond donors (Lipinski definition) is 1. The summed E-state index contributed by atoms with van der Waals surface area (Å²) in [4.78, 5) is 14.7. The van der Waals surface area contributed by atoms with E-state index < -0.39 is 0 Å². The van der Waals surface area contributed by atoms with Gasteiger partial charge in [0.15, 0.2) is 0 Å². The minimum atomic E-state index is -0.347.